The van der Waals surface area contributed by atoms with Crippen molar-refractivity contribution in [3.63, 3.8) is 0 Å². The molecule has 0 bridgehead atoms. The highest BCUT2D eigenvalue weighted by molar-refractivity contribution is 8.17. The molecule has 1 N–H and O–H groups in total. The lowest BCUT2D eigenvalue weighted by Gasteiger charge is -2.26. The molecule has 7 heteroatoms. The van der Waals surface area contributed by atoms with Crippen molar-refractivity contribution in [2.45, 2.75) is 6.54 Å². The molecule has 0 fully saturated rings. The smallest absolute Gasteiger partial charge is 0.283 e. The van der Waals surface area contributed by atoms with Crippen molar-refractivity contribution in [1.82, 2.24) is 9.47 Å². The van der Waals surface area contributed by atoms with E-state index in [9.17, 15) is 4.79 Å². The third kappa shape index (κ3) is 3.81. The SMILES string of the molecule is N=C1C(=Cc2cn(Cc3ccccc3Cl)c3ccccc23)C(=O)N=C2SC=C(c3ccccc3)N12. The fourth-order valence-electron chi connectivity index (χ4n) is 4.40. The van der Waals surface area contributed by atoms with Gasteiger partial charge in [0.1, 0.15) is 5.84 Å². The number of hydrogen-bond acceptors (Lipinski definition) is 3. The van der Waals surface area contributed by atoms with Gasteiger partial charge in [0.05, 0.1) is 11.3 Å². The molecule has 0 radical (unpaired) electrons. The second-order valence-electron chi connectivity index (χ2n) is 8.25. The minimum atomic E-state index is -0.403. The summed E-state index contributed by atoms with van der Waals surface area (Å²) < 4.78 is 2.12. The Kier molecular flexibility index (Phi) is 5.40. The molecule has 170 valence electrons. The van der Waals surface area contributed by atoms with Crippen molar-refractivity contribution in [3.8, 4) is 0 Å². The van der Waals surface area contributed by atoms with Crippen LogP contribution in [0.4, 0.5) is 0 Å². The van der Waals surface area contributed by atoms with E-state index >= 15 is 0 Å². The van der Waals surface area contributed by atoms with Gasteiger partial charge >= 0.3 is 0 Å². The maximum absolute atomic E-state index is 13.0. The van der Waals surface area contributed by atoms with E-state index in [0.29, 0.717) is 16.7 Å². The zero-order valence-electron chi connectivity index (χ0n) is 18.5. The molecule has 2 aliphatic heterocycles. The molecule has 0 atom stereocenters. The second-order valence-corrected chi connectivity index (χ2v) is 9.49. The number of amidine groups is 2. The van der Waals surface area contributed by atoms with Gasteiger partial charge in [-0.05, 0) is 29.3 Å². The summed E-state index contributed by atoms with van der Waals surface area (Å²) >= 11 is 7.78. The predicted molar refractivity (Wildman–Crippen MR) is 144 cm³/mol. The molecule has 2 aliphatic rings. The lowest BCUT2D eigenvalue weighted by molar-refractivity contribution is -0.114. The summed E-state index contributed by atoms with van der Waals surface area (Å²) in [5, 5.41) is 13.1. The number of fused-ring (bicyclic) bond motifs is 2. The molecule has 3 heterocycles. The number of benzene rings is 3. The fraction of sp³-hybridized carbons (Fsp3) is 0.0357. The van der Waals surface area contributed by atoms with Gasteiger partial charge in [-0.2, -0.15) is 4.99 Å². The van der Waals surface area contributed by atoms with E-state index in [2.05, 4.69) is 9.56 Å². The molecule has 0 spiro atoms. The Balaban J connectivity index is 1.42. The number of amides is 1. The first kappa shape index (κ1) is 21.6. The fourth-order valence-corrected chi connectivity index (χ4v) is 5.49. The van der Waals surface area contributed by atoms with Gasteiger partial charge in [-0.1, -0.05) is 90.1 Å². The topological polar surface area (TPSA) is 61.5 Å². The minimum absolute atomic E-state index is 0.128. The van der Waals surface area contributed by atoms with Crippen molar-refractivity contribution >= 4 is 62.9 Å². The van der Waals surface area contributed by atoms with E-state index in [0.717, 1.165) is 33.3 Å². The van der Waals surface area contributed by atoms with Crippen LogP contribution in [0.5, 0.6) is 0 Å². The largest absolute Gasteiger partial charge is 0.342 e. The van der Waals surface area contributed by atoms with Crippen LogP contribution in [-0.2, 0) is 11.3 Å². The van der Waals surface area contributed by atoms with Gasteiger partial charge in [-0.3, -0.25) is 15.1 Å². The van der Waals surface area contributed by atoms with Crippen molar-refractivity contribution < 1.29 is 4.79 Å². The van der Waals surface area contributed by atoms with Gasteiger partial charge in [-0.25, -0.2) is 0 Å². The maximum Gasteiger partial charge on any atom is 0.283 e. The summed E-state index contributed by atoms with van der Waals surface area (Å²) in [5.41, 5.74) is 4.98. The van der Waals surface area contributed by atoms with Crippen LogP contribution >= 0.6 is 23.4 Å². The molecule has 35 heavy (non-hydrogen) atoms. The summed E-state index contributed by atoms with van der Waals surface area (Å²) in [6.07, 6.45) is 3.79. The Morgan fingerprint density at radius 3 is 2.54 bits per heavy atom. The Bertz CT molecular complexity index is 1600. The van der Waals surface area contributed by atoms with Crippen LogP contribution in [0.15, 0.2) is 101 Å². The van der Waals surface area contributed by atoms with Crippen molar-refractivity contribution in [2.75, 3.05) is 0 Å². The van der Waals surface area contributed by atoms with Gasteiger partial charge in [0.15, 0.2) is 5.17 Å². The first-order chi connectivity index (χ1) is 17.1. The minimum Gasteiger partial charge on any atom is -0.342 e. The summed E-state index contributed by atoms with van der Waals surface area (Å²) in [5.74, 6) is -0.276. The number of carbonyl (C=O) groups excluding carboxylic acids is 1. The number of carbonyl (C=O) groups is 1. The molecule has 1 aromatic heterocycles. The number of halogens is 1. The highest BCUT2D eigenvalue weighted by Crippen LogP contribution is 2.37. The molecule has 0 aliphatic carbocycles. The Morgan fingerprint density at radius 2 is 1.71 bits per heavy atom. The molecular formula is C28H19ClN4OS. The number of aliphatic imine (C=N–C) groups is 1. The third-order valence-corrected chi connectivity index (χ3v) is 7.30. The molecule has 0 unspecified atom stereocenters. The maximum atomic E-state index is 13.0. The highest BCUT2D eigenvalue weighted by Gasteiger charge is 2.36. The monoisotopic (exact) mass is 494 g/mol. The van der Waals surface area contributed by atoms with E-state index in [1.807, 2.05) is 90.5 Å². The number of para-hydroxylation sites is 1. The Labute approximate surface area is 211 Å². The van der Waals surface area contributed by atoms with Crippen LogP contribution in [0.25, 0.3) is 22.7 Å². The van der Waals surface area contributed by atoms with Gasteiger partial charge in [-0.15, -0.1) is 0 Å². The van der Waals surface area contributed by atoms with Crippen molar-refractivity contribution in [2.24, 2.45) is 4.99 Å². The number of thioether (sulfide) groups is 1. The second kappa shape index (κ2) is 8.73. The number of nitrogens with one attached hydrogen (secondary N) is 1. The molecular weight excluding hydrogens is 476 g/mol. The van der Waals surface area contributed by atoms with Gasteiger partial charge in [0.2, 0.25) is 0 Å². The Hall–Kier alpha value is -3.87. The van der Waals surface area contributed by atoms with E-state index in [4.69, 9.17) is 17.0 Å². The molecule has 1 amide bonds. The summed E-state index contributed by atoms with van der Waals surface area (Å²) in [6, 6.07) is 25.7. The first-order valence-electron chi connectivity index (χ1n) is 11.1. The Morgan fingerprint density at radius 1 is 0.971 bits per heavy atom. The molecule has 0 saturated carbocycles. The average molecular weight is 495 g/mol. The quantitative estimate of drug-likeness (QED) is 0.323. The van der Waals surface area contributed by atoms with Gasteiger partial charge in [0.25, 0.3) is 5.91 Å². The summed E-state index contributed by atoms with van der Waals surface area (Å²) in [4.78, 5) is 19.0. The lowest BCUT2D eigenvalue weighted by atomic mass is 10.1. The van der Waals surface area contributed by atoms with E-state index in [1.54, 1.807) is 11.0 Å². The molecule has 5 nitrogen and oxygen atoms in total. The standard InChI is InChI=1S/C28H19ClN4OS/c29-23-12-6-4-10-19(23)15-32-16-20(21-11-5-7-13-24(21)32)14-22-26(30)33-25(18-8-2-1-3-9-18)17-35-28(33)31-27(22)34/h1-14,16-17,30H,15H2. The zero-order chi connectivity index (χ0) is 23.9. The van der Waals surface area contributed by atoms with Gasteiger partial charge in [0, 0.05) is 39.6 Å². The molecule has 3 aromatic carbocycles. The van der Waals surface area contributed by atoms with Crippen LogP contribution in [0, 0.1) is 5.41 Å². The zero-order valence-corrected chi connectivity index (χ0v) is 20.1. The molecule has 6 rings (SSSR count). The van der Waals surface area contributed by atoms with Crippen LogP contribution in [0.3, 0.4) is 0 Å². The van der Waals surface area contributed by atoms with E-state index in [1.165, 1.54) is 11.8 Å². The predicted octanol–water partition coefficient (Wildman–Crippen LogP) is 6.65. The van der Waals surface area contributed by atoms with Crippen LogP contribution in [0.2, 0.25) is 5.02 Å². The van der Waals surface area contributed by atoms with Crippen molar-refractivity contribution in [1.29, 1.82) is 5.41 Å². The molecule has 0 saturated heterocycles. The highest BCUT2D eigenvalue weighted by atomic mass is 35.5. The van der Waals surface area contributed by atoms with E-state index in [-0.39, 0.29) is 11.4 Å². The first-order valence-corrected chi connectivity index (χ1v) is 12.3. The molecule has 4 aromatic rings. The van der Waals surface area contributed by atoms with Crippen LogP contribution in [-0.4, -0.2) is 26.4 Å². The number of rotatable bonds is 4. The summed E-state index contributed by atoms with van der Waals surface area (Å²) in [6.45, 7) is 0.598. The van der Waals surface area contributed by atoms with Crippen LogP contribution < -0.4 is 0 Å². The number of hydrogen-bond donors (Lipinski definition) is 1. The van der Waals surface area contributed by atoms with Crippen LogP contribution in [0.1, 0.15) is 16.7 Å². The third-order valence-electron chi connectivity index (χ3n) is 6.10. The number of nitrogens with zero attached hydrogens (tertiary/aromatic N) is 3. The summed E-state index contributed by atoms with van der Waals surface area (Å²) in [7, 11) is 0. The van der Waals surface area contributed by atoms with E-state index < -0.39 is 5.91 Å². The van der Waals surface area contributed by atoms with Gasteiger partial charge < -0.3 is 4.57 Å². The normalized spacial score (nSPS) is 16.6. The number of aromatic nitrogens is 1. The lowest BCUT2D eigenvalue weighted by Crippen LogP contribution is -2.37. The van der Waals surface area contributed by atoms with Crippen molar-refractivity contribution in [3.05, 3.63) is 118 Å². The average Bonchev–Trinajstić information content (AvgIpc) is 3.45.